The van der Waals surface area contributed by atoms with E-state index in [1.54, 1.807) is 10.7 Å². The Labute approximate surface area is 196 Å². The van der Waals surface area contributed by atoms with Crippen LogP contribution in [-0.4, -0.2) is 41.6 Å². The Balaban J connectivity index is 1.33. The molecule has 0 radical (unpaired) electrons. The SMILES string of the molecule is N[C@H]1CC[C@H](Nc2ccc3ncc(-c4cnc(Nc5ncc(C(F)(F)F)cc5F)nc4)n3n2)CC1. The van der Waals surface area contributed by atoms with E-state index < -0.39 is 23.4 Å². The van der Waals surface area contributed by atoms with Gasteiger partial charge in [-0.05, 0) is 43.9 Å². The van der Waals surface area contributed by atoms with E-state index >= 15 is 0 Å². The second kappa shape index (κ2) is 9.06. The van der Waals surface area contributed by atoms with E-state index in [9.17, 15) is 17.6 Å². The molecule has 1 aliphatic carbocycles. The van der Waals surface area contributed by atoms with Crippen molar-refractivity contribution in [1.29, 1.82) is 0 Å². The molecule has 4 heterocycles. The van der Waals surface area contributed by atoms with Gasteiger partial charge in [-0.1, -0.05) is 0 Å². The van der Waals surface area contributed by atoms with E-state index in [4.69, 9.17) is 5.73 Å². The largest absolute Gasteiger partial charge is 0.417 e. The van der Waals surface area contributed by atoms with Crippen LogP contribution in [0.25, 0.3) is 16.9 Å². The molecule has 0 atom stereocenters. The molecule has 9 nitrogen and oxygen atoms in total. The summed E-state index contributed by atoms with van der Waals surface area (Å²) in [7, 11) is 0. The number of hydrogen-bond acceptors (Lipinski definition) is 8. The fourth-order valence-corrected chi connectivity index (χ4v) is 3.94. The summed E-state index contributed by atoms with van der Waals surface area (Å²) in [4.78, 5) is 16.1. The number of nitrogens with two attached hydrogens (primary N) is 1. The number of fused-ring (bicyclic) bond motifs is 1. The average Bonchev–Trinajstić information content (AvgIpc) is 3.25. The van der Waals surface area contributed by atoms with Crippen molar-refractivity contribution in [1.82, 2.24) is 29.5 Å². The molecule has 35 heavy (non-hydrogen) atoms. The van der Waals surface area contributed by atoms with Crippen molar-refractivity contribution in [3.8, 4) is 11.3 Å². The van der Waals surface area contributed by atoms with Crippen LogP contribution in [0.3, 0.4) is 0 Å². The molecule has 0 aromatic carbocycles. The molecule has 13 heteroatoms. The van der Waals surface area contributed by atoms with Crippen molar-refractivity contribution in [3.05, 3.63) is 54.4 Å². The third-order valence-corrected chi connectivity index (χ3v) is 5.83. The number of alkyl halides is 3. The van der Waals surface area contributed by atoms with Gasteiger partial charge in [-0.3, -0.25) is 0 Å². The van der Waals surface area contributed by atoms with Crippen molar-refractivity contribution in [2.24, 2.45) is 5.73 Å². The van der Waals surface area contributed by atoms with Crippen LogP contribution in [-0.2, 0) is 6.18 Å². The first kappa shape index (κ1) is 22.9. The molecule has 1 fully saturated rings. The van der Waals surface area contributed by atoms with Gasteiger partial charge in [0.2, 0.25) is 5.95 Å². The van der Waals surface area contributed by atoms with E-state index in [1.165, 1.54) is 12.4 Å². The zero-order valence-corrected chi connectivity index (χ0v) is 18.3. The lowest BCUT2D eigenvalue weighted by atomic mass is 9.92. The highest BCUT2D eigenvalue weighted by Crippen LogP contribution is 2.30. The summed E-state index contributed by atoms with van der Waals surface area (Å²) < 4.78 is 53.8. The highest BCUT2D eigenvalue weighted by atomic mass is 19.4. The summed E-state index contributed by atoms with van der Waals surface area (Å²) in [6.07, 6.45) is 4.34. The Morgan fingerprint density at radius 3 is 2.37 bits per heavy atom. The molecule has 0 aliphatic heterocycles. The lowest BCUT2D eigenvalue weighted by Crippen LogP contribution is -2.33. The molecular formula is C22H21F4N9. The molecule has 4 aromatic heterocycles. The number of pyridine rings is 1. The molecule has 0 amide bonds. The molecule has 5 rings (SSSR count). The number of nitrogens with one attached hydrogen (secondary N) is 2. The smallest absolute Gasteiger partial charge is 0.366 e. The Morgan fingerprint density at radius 1 is 0.943 bits per heavy atom. The van der Waals surface area contributed by atoms with E-state index in [-0.39, 0.29) is 12.0 Å². The van der Waals surface area contributed by atoms with E-state index in [0.717, 1.165) is 25.7 Å². The third-order valence-electron chi connectivity index (χ3n) is 5.83. The predicted octanol–water partition coefficient (Wildman–Crippen LogP) is 4.16. The maximum absolute atomic E-state index is 14.1. The fraction of sp³-hybridized carbons (Fsp3) is 0.318. The second-order valence-electron chi connectivity index (χ2n) is 8.36. The molecule has 182 valence electrons. The highest BCUT2D eigenvalue weighted by Gasteiger charge is 2.32. The Morgan fingerprint density at radius 2 is 1.69 bits per heavy atom. The maximum atomic E-state index is 14.1. The van der Waals surface area contributed by atoms with Crippen LogP contribution in [0.4, 0.5) is 35.1 Å². The number of rotatable bonds is 5. The average molecular weight is 487 g/mol. The summed E-state index contributed by atoms with van der Waals surface area (Å²) >= 11 is 0. The predicted molar refractivity (Wildman–Crippen MR) is 120 cm³/mol. The van der Waals surface area contributed by atoms with Gasteiger partial charge in [-0.2, -0.15) is 13.2 Å². The number of nitrogens with zero attached hydrogens (tertiary/aromatic N) is 6. The van der Waals surface area contributed by atoms with Crippen molar-refractivity contribution in [2.45, 2.75) is 43.9 Å². The lowest BCUT2D eigenvalue weighted by molar-refractivity contribution is -0.138. The van der Waals surface area contributed by atoms with Gasteiger partial charge in [0.1, 0.15) is 5.82 Å². The minimum absolute atomic E-state index is 0.0282. The number of hydrogen-bond donors (Lipinski definition) is 3. The van der Waals surface area contributed by atoms with E-state index in [0.29, 0.717) is 41.0 Å². The van der Waals surface area contributed by atoms with Gasteiger partial charge in [0.05, 0.1) is 17.5 Å². The van der Waals surface area contributed by atoms with E-state index in [1.807, 2.05) is 12.1 Å². The van der Waals surface area contributed by atoms with Crippen LogP contribution in [0.5, 0.6) is 0 Å². The first-order chi connectivity index (χ1) is 16.8. The molecule has 4 N–H and O–H groups in total. The van der Waals surface area contributed by atoms with Gasteiger partial charge in [0.25, 0.3) is 0 Å². The molecule has 0 saturated heterocycles. The van der Waals surface area contributed by atoms with Crippen molar-refractivity contribution >= 4 is 23.2 Å². The molecule has 0 unspecified atom stereocenters. The number of imidazole rings is 1. The number of aromatic nitrogens is 6. The van der Waals surface area contributed by atoms with Gasteiger partial charge in [0.15, 0.2) is 17.3 Å². The van der Waals surface area contributed by atoms with Gasteiger partial charge >= 0.3 is 6.18 Å². The summed E-state index contributed by atoms with van der Waals surface area (Å²) in [5.74, 6) is -0.903. The zero-order chi connectivity index (χ0) is 24.6. The van der Waals surface area contributed by atoms with Gasteiger partial charge in [-0.25, -0.2) is 28.8 Å². The van der Waals surface area contributed by atoms with E-state index in [2.05, 4.69) is 35.7 Å². The minimum Gasteiger partial charge on any atom is -0.366 e. The molecule has 0 bridgehead atoms. The Kier molecular flexibility index (Phi) is 5.93. The minimum atomic E-state index is -4.69. The Bertz CT molecular complexity index is 1330. The van der Waals surface area contributed by atoms with Gasteiger partial charge in [0, 0.05) is 36.2 Å². The molecule has 1 aliphatic rings. The summed E-state index contributed by atoms with van der Waals surface area (Å²) in [6.45, 7) is 0. The number of anilines is 3. The molecule has 1 saturated carbocycles. The van der Waals surface area contributed by atoms with Crippen LogP contribution >= 0.6 is 0 Å². The fourth-order valence-electron chi connectivity index (χ4n) is 3.94. The van der Waals surface area contributed by atoms with Crippen LogP contribution in [0.15, 0.2) is 43.0 Å². The molecule has 0 spiro atoms. The van der Waals surface area contributed by atoms with Crippen LogP contribution in [0, 0.1) is 5.82 Å². The summed E-state index contributed by atoms with van der Waals surface area (Å²) in [5.41, 5.74) is 6.67. The molecular weight excluding hydrogens is 466 g/mol. The standard InChI is InChI=1S/C22H21F4N9/c23-16-7-13(22(24,25)26)10-29-20(16)33-21-30-8-12(9-31-21)17-11-28-19-6-5-18(34-35(17)19)32-15-3-1-14(27)2-4-15/h5-11,14-15H,1-4,27H2,(H,32,34)(H,29,30,31,33)/t14-,15-. The quantitative estimate of drug-likeness (QED) is 0.359. The first-order valence-electron chi connectivity index (χ1n) is 11.0. The summed E-state index contributed by atoms with van der Waals surface area (Å²) in [6, 6.07) is 4.65. The lowest BCUT2D eigenvalue weighted by Gasteiger charge is -2.27. The van der Waals surface area contributed by atoms with Crippen LogP contribution < -0.4 is 16.4 Å². The van der Waals surface area contributed by atoms with Crippen molar-refractivity contribution in [2.75, 3.05) is 10.6 Å². The van der Waals surface area contributed by atoms with Crippen LogP contribution in [0.2, 0.25) is 0 Å². The second-order valence-corrected chi connectivity index (χ2v) is 8.36. The number of halogens is 4. The van der Waals surface area contributed by atoms with Gasteiger partial charge < -0.3 is 16.4 Å². The maximum Gasteiger partial charge on any atom is 0.417 e. The first-order valence-corrected chi connectivity index (χ1v) is 11.0. The summed E-state index contributed by atoms with van der Waals surface area (Å²) in [5, 5.41) is 10.6. The third kappa shape index (κ3) is 4.99. The normalized spacial score (nSPS) is 18.5. The Hall–Kier alpha value is -3.87. The van der Waals surface area contributed by atoms with Crippen molar-refractivity contribution < 1.29 is 17.6 Å². The monoisotopic (exact) mass is 487 g/mol. The van der Waals surface area contributed by atoms with Gasteiger partial charge in [-0.15, -0.1) is 5.10 Å². The van der Waals surface area contributed by atoms with Crippen LogP contribution in [0.1, 0.15) is 31.2 Å². The van der Waals surface area contributed by atoms with Crippen molar-refractivity contribution in [3.63, 3.8) is 0 Å². The topological polar surface area (TPSA) is 119 Å². The zero-order valence-electron chi connectivity index (χ0n) is 18.3. The highest BCUT2D eigenvalue weighted by molar-refractivity contribution is 5.63. The molecule has 4 aromatic rings.